The molecule has 0 saturated heterocycles. The van der Waals surface area contributed by atoms with Crippen molar-refractivity contribution >= 4 is 28.9 Å². The molecule has 0 saturated carbocycles. The molecule has 0 aromatic heterocycles. The van der Waals surface area contributed by atoms with Gasteiger partial charge in [0.05, 0.1) is 17.8 Å². The molecular formula is C18H15ClFN3O. The zero-order chi connectivity index (χ0) is 17.1. The Hall–Kier alpha value is -2.58. The quantitative estimate of drug-likeness (QED) is 0.923. The Morgan fingerprint density at radius 2 is 2.17 bits per heavy atom. The number of hydrogen-bond acceptors (Lipinski definition) is 3. The van der Waals surface area contributed by atoms with Gasteiger partial charge in [-0.15, -0.1) is 0 Å². The van der Waals surface area contributed by atoms with Gasteiger partial charge in [-0.3, -0.25) is 4.79 Å². The number of hydrogen-bond donors (Lipinski definition) is 1. The third kappa shape index (κ3) is 3.50. The van der Waals surface area contributed by atoms with Crippen molar-refractivity contribution in [3.63, 3.8) is 0 Å². The summed E-state index contributed by atoms with van der Waals surface area (Å²) in [4.78, 5) is 14.3. The molecule has 1 N–H and O–H groups in total. The summed E-state index contributed by atoms with van der Waals surface area (Å²) in [5.41, 5.74) is 2.54. The number of aryl methyl sites for hydroxylation is 1. The van der Waals surface area contributed by atoms with Crippen LogP contribution in [0.4, 0.5) is 15.8 Å². The van der Waals surface area contributed by atoms with E-state index in [1.54, 1.807) is 24.3 Å². The van der Waals surface area contributed by atoms with Crippen LogP contribution in [0, 0.1) is 17.1 Å². The minimum absolute atomic E-state index is 0.135. The highest BCUT2D eigenvalue weighted by Crippen LogP contribution is 2.28. The van der Waals surface area contributed by atoms with Gasteiger partial charge >= 0.3 is 0 Å². The van der Waals surface area contributed by atoms with Crippen molar-refractivity contribution < 1.29 is 9.18 Å². The largest absolute Gasteiger partial charge is 0.362 e. The van der Waals surface area contributed by atoms with Crippen LogP contribution in [0.25, 0.3) is 0 Å². The molecule has 0 unspecified atom stereocenters. The highest BCUT2D eigenvalue weighted by molar-refractivity contribution is 6.31. The van der Waals surface area contributed by atoms with Crippen molar-refractivity contribution in [3.05, 3.63) is 58.4 Å². The third-order valence-electron chi connectivity index (χ3n) is 3.97. The van der Waals surface area contributed by atoms with Crippen LogP contribution in [0.1, 0.15) is 17.5 Å². The van der Waals surface area contributed by atoms with Crippen LogP contribution in [0.3, 0.4) is 0 Å². The second-order valence-electron chi connectivity index (χ2n) is 5.65. The Balaban J connectivity index is 1.75. The lowest BCUT2D eigenvalue weighted by Crippen LogP contribution is -2.36. The number of nitriles is 1. The lowest BCUT2D eigenvalue weighted by molar-refractivity contribution is -0.115. The van der Waals surface area contributed by atoms with Crippen molar-refractivity contribution in [1.82, 2.24) is 0 Å². The van der Waals surface area contributed by atoms with E-state index in [4.69, 9.17) is 16.9 Å². The van der Waals surface area contributed by atoms with Gasteiger partial charge in [-0.25, -0.2) is 4.39 Å². The molecule has 24 heavy (non-hydrogen) atoms. The summed E-state index contributed by atoms with van der Waals surface area (Å²) in [7, 11) is 0. The van der Waals surface area contributed by atoms with Gasteiger partial charge in [0.1, 0.15) is 11.9 Å². The molecule has 1 aliphatic heterocycles. The first kappa shape index (κ1) is 16.3. The summed E-state index contributed by atoms with van der Waals surface area (Å²) >= 11 is 5.92. The van der Waals surface area contributed by atoms with Gasteiger partial charge in [0.15, 0.2) is 0 Å². The minimum atomic E-state index is -0.266. The number of carbonyl (C=O) groups excluding carboxylic acids is 1. The molecule has 0 radical (unpaired) electrons. The zero-order valence-corrected chi connectivity index (χ0v) is 13.6. The number of halogens is 2. The van der Waals surface area contributed by atoms with E-state index >= 15 is 0 Å². The summed E-state index contributed by atoms with van der Waals surface area (Å²) in [6.45, 7) is 0.864. The second-order valence-corrected chi connectivity index (χ2v) is 6.08. The first-order valence-corrected chi connectivity index (χ1v) is 7.97. The van der Waals surface area contributed by atoms with E-state index in [0.29, 0.717) is 16.3 Å². The highest BCUT2D eigenvalue weighted by Gasteiger charge is 2.20. The van der Waals surface area contributed by atoms with E-state index in [-0.39, 0.29) is 18.3 Å². The molecular weight excluding hydrogens is 329 g/mol. The Bertz CT molecular complexity index is 831. The average molecular weight is 344 g/mol. The molecule has 0 fully saturated rings. The van der Waals surface area contributed by atoms with E-state index in [2.05, 4.69) is 5.32 Å². The molecule has 3 rings (SSSR count). The number of anilines is 2. The Labute approximate surface area is 144 Å². The third-order valence-corrected chi connectivity index (χ3v) is 4.20. The van der Waals surface area contributed by atoms with Gasteiger partial charge in [-0.2, -0.15) is 5.26 Å². The van der Waals surface area contributed by atoms with Crippen molar-refractivity contribution in [2.24, 2.45) is 0 Å². The molecule has 2 aromatic carbocycles. The molecule has 0 atom stereocenters. The predicted molar refractivity (Wildman–Crippen MR) is 91.7 cm³/mol. The number of amides is 1. The number of carbonyl (C=O) groups is 1. The first-order valence-electron chi connectivity index (χ1n) is 7.59. The Kier molecular flexibility index (Phi) is 4.68. The fourth-order valence-electron chi connectivity index (χ4n) is 2.89. The molecule has 0 bridgehead atoms. The maximum absolute atomic E-state index is 13.4. The van der Waals surface area contributed by atoms with E-state index in [9.17, 15) is 9.18 Å². The van der Waals surface area contributed by atoms with Crippen LogP contribution in [0.15, 0.2) is 36.4 Å². The van der Waals surface area contributed by atoms with Crippen molar-refractivity contribution in [1.29, 1.82) is 5.26 Å². The van der Waals surface area contributed by atoms with Crippen LogP contribution in [-0.2, 0) is 11.2 Å². The van der Waals surface area contributed by atoms with E-state index in [0.717, 1.165) is 30.6 Å². The average Bonchev–Trinajstić information content (AvgIpc) is 2.55. The van der Waals surface area contributed by atoms with Crippen LogP contribution in [0.2, 0.25) is 5.02 Å². The zero-order valence-electron chi connectivity index (χ0n) is 12.9. The topological polar surface area (TPSA) is 56.1 Å². The van der Waals surface area contributed by atoms with Crippen LogP contribution < -0.4 is 10.2 Å². The van der Waals surface area contributed by atoms with Crippen LogP contribution >= 0.6 is 11.6 Å². The Morgan fingerprint density at radius 1 is 1.33 bits per heavy atom. The molecule has 0 aliphatic carbocycles. The molecule has 4 nitrogen and oxygen atoms in total. The SMILES string of the molecule is N#Cc1ccc(Cl)cc1NC(=O)CN1CCCc2cc(F)ccc21. The van der Waals surface area contributed by atoms with Gasteiger partial charge in [0, 0.05) is 17.3 Å². The summed E-state index contributed by atoms with van der Waals surface area (Å²) in [5.74, 6) is -0.511. The van der Waals surface area contributed by atoms with Crippen LogP contribution in [0.5, 0.6) is 0 Å². The summed E-state index contributed by atoms with van der Waals surface area (Å²) < 4.78 is 13.4. The monoisotopic (exact) mass is 343 g/mol. The molecule has 122 valence electrons. The Morgan fingerprint density at radius 3 is 2.96 bits per heavy atom. The minimum Gasteiger partial charge on any atom is -0.362 e. The molecule has 1 heterocycles. The van der Waals surface area contributed by atoms with Gasteiger partial charge in [0.25, 0.3) is 0 Å². The van der Waals surface area contributed by atoms with Crippen molar-refractivity contribution in [2.75, 3.05) is 23.3 Å². The summed E-state index contributed by atoms with van der Waals surface area (Å²) in [5, 5.41) is 12.3. The first-order chi connectivity index (χ1) is 11.6. The second kappa shape index (κ2) is 6.90. The summed E-state index contributed by atoms with van der Waals surface area (Å²) in [6.07, 6.45) is 1.67. The number of nitrogens with zero attached hydrogens (tertiary/aromatic N) is 2. The van der Waals surface area contributed by atoms with Gasteiger partial charge in [-0.05, 0) is 54.8 Å². The maximum atomic E-state index is 13.4. The fourth-order valence-corrected chi connectivity index (χ4v) is 3.06. The molecule has 1 aliphatic rings. The maximum Gasteiger partial charge on any atom is 0.243 e. The van der Waals surface area contributed by atoms with Crippen molar-refractivity contribution in [2.45, 2.75) is 12.8 Å². The predicted octanol–water partition coefficient (Wildman–Crippen LogP) is 3.74. The normalized spacial score (nSPS) is 13.1. The standard InChI is InChI=1S/C18H15ClFN3O/c19-14-4-3-13(10-21)16(9-14)22-18(24)11-23-7-1-2-12-8-15(20)5-6-17(12)23/h3-6,8-9H,1-2,7,11H2,(H,22,24). The van der Waals surface area contributed by atoms with E-state index < -0.39 is 0 Å². The van der Waals surface area contributed by atoms with E-state index in [1.807, 2.05) is 11.0 Å². The number of benzene rings is 2. The number of fused-ring (bicyclic) bond motifs is 1. The molecule has 2 aromatic rings. The van der Waals surface area contributed by atoms with Gasteiger partial charge < -0.3 is 10.2 Å². The number of nitrogens with one attached hydrogen (secondary N) is 1. The van der Waals surface area contributed by atoms with Crippen LogP contribution in [-0.4, -0.2) is 19.0 Å². The fraction of sp³-hybridized carbons (Fsp3) is 0.222. The lowest BCUT2D eigenvalue weighted by atomic mass is 10.0. The smallest absolute Gasteiger partial charge is 0.243 e. The molecule has 0 spiro atoms. The van der Waals surface area contributed by atoms with Gasteiger partial charge in [-0.1, -0.05) is 11.6 Å². The molecule has 1 amide bonds. The lowest BCUT2D eigenvalue weighted by Gasteiger charge is -2.30. The van der Waals surface area contributed by atoms with Crippen molar-refractivity contribution in [3.8, 4) is 6.07 Å². The molecule has 6 heteroatoms. The number of rotatable bonds is 3. The summed E-state index contributed by atoms with van der Waals surface area (Å²) in [6, 6.07) is 11.4. The van der Waals surface area contributed by atoms with E-state index in [1.165, 1.54) is 12.1 Å². The van der Waals surface area contributed by atoms with Gasteiger partial charge in [0.2, 0.25) is 5.91 Å². The highest BCUT2D eigenvalue weighted by atomic mass is 35.5.